The van der Waals surface area contributed by atoms with E-state index in [9.17, 15) is 20.1 Å². The topological polar surface area (TPSA) is 105 Å². The zero-order valence-corrected chi connectivity index (χ0v) is 11.7. The van der Waals surface area contributed by atoms with Gasteiger partial charge in [-0.15, -0.1) is 0 Å². The third-order valence-electron chi connectivity index (χ3n) is 3.27. The van der Waals surface area contributed by atoms with Gasteiger partial charge in [0.05, 0.1) is 13.7 Å². The van der Waals surface area contributed by atoms with Crippen LogP contribution in [0.5, 0.6) is 11.5 Å². The predicted octanol–water partition coefficient (Wildman–Crippen LogP) is -0.284. The highest BCUT2D eigenvalue weighted by atomic mass is 16.7. The van der Waals surface area contributed by atoms with E-state index in [1.165, 1.54) is 26.2 Å². The number of aliphatic hydroxyl groups excluding tert-OH is 3. The van der Waals surface area contributed by atoms with Crippen molar-refractivity contribution in [3.05, 3.63) is 23.8 Å². The Kier molecular flexibility index (Phi) is 4.79. The molecule has 116 valence electrons. The molecule has 3 N–H and O–H groups in total. The molecule has 1 aliphatic heterocycles. The molecule has 0 unspecified atom stereocenters. The monoisotopic (exact) mass is 298 g/mol. The van der Waals surface area contributed by atoms with Crippen molar-refractivity contribution in [2.75, 3.05) is 13.7 Å². The minimum Gasteiger partial charge on any atom is -0.493 e. The van der Waals surface area contributed by atoms with Gasteiger partial charge in [0.1, 0.15) is 18.3 Å². The fourth-order valence-corrected chi connectivity index (χ4v) is 1.99. The molecule has 2 rings (SSSR count). The van der Waals surface area contributed by atoms with Crippen molar-refractivity contribution < 1.29 is 34.3 Å². The average Bonchev–Trinajstić information content (AvgIpc) is 2.48. The lowest BCUT2D eigenvalue weighted by Gasteiger charge is -2.35. The Bertz CT molecular complexity index is 516. The van der Waals surface area contributed by atoms with E-state index in [-0.39, 0.29) is 18.1 Å². The van der Waals surface area contributed by atoms with Crippen LogP contribution in [0.4, 0.5) is 0 Å². The third kappa shape index (κ3) is 3.33. The fourth-order valence-electron chi connectivity index (χ4n) is 1.99. The molecule has 1 fully saturated rings. The number of rotatable bonds is 4. The first kappa shape index (κ1) is 15.7. The molecule has 21 heavy (non-hydrogen) atoms. The van der Waals surface area contributed by atoms with Gasteiger partial charge in [0, 0.05) is 5.56 Å². The Morgan fingerprint density at radius 1 is 1.24 bits per heavy atom. The maximum absolute atomic E-state index is 11.3. The lowest BCUT2D eigenvalue weighted by Crippen LogP contribution is -2.54. The summed E-state index contributed by atoms with van der Waals surface area (Å²) in [6, 6.07) is 4.59. The molecule has 1 aromatic rings. The summed E-state index contributed by atoms with van der Waals surface area (Å²) in [5, 5.41) is 28.8. The van der Waals surface area contributed by atoms with Crippen LogP contribution in [0.1, 0.15) is 17.3 Å². The van der Waals surface area contributed by atoms with Crippen LogP contribution >= 0.6 is 0 Å². The van der Waals surface area contributed by atoms with Crippen molar-refractivity contribution in [2.45, 2.75) is 31.5 Å². The number of carbonyl (C=O) groups excluding carboxylic acids is 1. The lowest BCUT2D eigenvalue weighted by atomic mass is 10.1. The maximum Gasteiger partial charge on any atom is 0.229 e. The van der Waals surface area contributed by atoms with Gasteiger partial charge in [-0.1, -0.05) is 0 Å². The molecular formula is C14H18O7. The number of hydrogen-bond donors (Lipinski definition) is 3. The Morgan fingerprint density at radius 2 is 1.95 bits per heavy atom. The second kappa shape index (κ2) is 6.40. The van der Waals surface area contributed by atoms with Crippen LogP contribution in [0.25, 0.3) is 0 Å². The highest BCUT2D eigenvalue weighted by molar-refractivity contribution is 5.94. The first-order valence-electron chi connectivity index (χ1n) is 6.45. The fraction of sp³-hybridized carbons (Fsp3) is 0.500. The van der Waals surface area contributed by atoms with E-state index in [0.717, 1.165) is 0 Å². The Labute approximate surface area is 121 Å². The first-order chi connectivity index (χ1) is 9.93. The van der Waals surface area contributed by atoms with Crippen LogP contribution in [0.2, 0.25) is 0 Å². The van der Waals surface area contributed by atoms with Crippen molar-refractivity contribution in [3.8, 4) is 11.5 Å². The van der Waals surface area contributed by atoms with Crippen LogP contribution in [0.3, 0.4) is 0 Å². The summed E-state index contributed by atoms with van der Waals surface area (Å²) in [6.45, 7) is 1.28. The van der Waals surface area contributed by atoms with Gasteiger partial charge in [-0.05, 0) is 25.1 Å². The summed E-state index contributed by atoms with van der Waals surface area (Å²) in [7, 11) is 1.42. The Morgan fingerprint density at radius 3 is 2.57 bits per heavy atom. The normalized spacial score (nSPS) is 29.0. The van der Waals surface area contributed by atoms with Gasteiger partial charge in [-0.2, -0.15) is 0 Å². The van der Waals surface area contributed by atoms with Crippen LogP contribution in [-0.2, 0) is 4.74 Å². The quantitative estimate of drug-likeness (QED) is 0.656. The molecular weight excluding hydrogens is 280 g/mol. The van der Waals surface area contributed by atoms with E-state index in [1.807, 2.05) is 0 Å². The second-order valence-corrected chi connectivity index (χ2v) is 4.79. The molecule has 1 saturated heterocycles. The summed E-state index contributed by atoms with van der Waals surface area (Å²) in [5.41, 5.74) is 0.458. The zero-order valence-electron chi connectivity index (χ0n) is 11.7. The molecule has 4 atom stereocenters. The molecule has 0 aromatic heterocycles. The highest BCUT2D eigenvalue weighted by Gasteiger charge is 2.39. The molecule has 1 aliphatic rings. The number of Topliss-reactive ketones (excluding diaryl/α,β-unsaturated/α-hetero) is 1. The number of aliphatic hydroxyl groups is 3. The largest absolute Gasteiger partial charge is 0.493 e. The van der Waals surface area contributed by atoms with Gasteiger partial charge in [0.25, 0.3) is 0 Å². The van der Waals surface area contributed by atoms with Crippen molar-refractivity contribution >= 4 is 5.78 Å². The van der Waals surface area contributed by atoms with E-state index >= 15 is 0 Å². The molecule has 0 radical (unpaired) electrons. The van der Waals surface area contributed by atoms with Crippen molar-refractivity contribution in [1.82, 2.24) is 0 Å². The molecule has 0 spiro atoms. The van der Waals surface area contributed by atoms with Gasteiger partial charge in [0.15, 0.2) is 17.3 Å². The summed E-state index contributed by atoms with van der Waals surface area (Å²) in [4.78, 5) is 11.3. The summed E-state index contributed by atoms with van der Waals surface area (Å²) >= 11 is 0. The van der Waals surface area contributed by atoms with E-state index in [4.69, 9.17) is 14.2 Å². The summed E-state index contributed by atoms with van der Waals surface area (Å²) in [5.74, 6) is 0.446. The van der Waals surface area contributed by atoms with Crippen LogP contribution in [0, 0.1) is 0 Å². The van der Waals surface area contributed by atoms with Crippen LogP contribution < -0.4 is 9.47 Å². The number of ether oxygens (including phenoxy) is 3. The number of hydrogen-bond acceptors (Lipinski definition) is 7. The van der Waals surface area contributed by atoms with Gasteiger partial charge in [-0.25, -0.2) is 0 Å². The summed E-state index contributed by atoms with van der Waals surface area (Å²) in [6.07, 6.45) is -5.06. The molecule has 7 nitrogen and oxygen atoms in total. The number of carbonyl (C=O) groups is 1. The van der Waals surface area contributed by atoms with E-state index in [0.29, 0.717) is 11.3 Å². The van der Waals surface area contributed by atoms with Crippen molar-refractivity contribution in [2.24, 2.45) is 0 Å². The predicted molar refractivity (Wildman–Crippen MR) is 71.4 cm³/mol. The zero-order chi connectivity index (χ0) is 15.6. The van der Waals surface area contributed by atoms with E-state index in [2.05, 4.69) is 0 Å². The number of benzene rings is 1. The first-order valence-corrected chi connectivity index (χ1v) is 6.45. The molecule has 0 aliphatic carbocycles. The Hall–Kier alpha value is -1.67. The van der Waals surface area contributed by atoms with E-state index in [1.54, 1.807) is 6.07 Å². The SMILES string of the molecule is COc1cc(C(C)=O)ccc1O[C@@H]1OC[C@@H](O)[C@H](O)[C@H]1O. The molecule has 7 heteroatoms. The maximum atomic E-state index is 11.3. The van der Waals surface area contributed by atoms with Gasteiger partial charge >= 0.3 is 0 Å². The van der Waals surface area contributed by atoms with Crippen LogP contribution in [0.15, 0.2) is 18.2 Å². The molecule has 0 saturated carbocycles. The third-order valence-corrected chi connectivity index (χ3v) is 3.27. The van der Waals surface area contributed by atoms with Crippen molar-refractivity contribution in [1.29, 1.82) is 0 Å². The van der Waals surface area contributed by atoms with Gasteiger partial charge < -0.3 is 29.5 Å². The van der Waals surface area contributed by atoms with Crippen LogP contribution in [-0.4, -0.2) is 59.4 Å². The molecule has 0 bridgehead atoms. The Balaban J connectivity index is 2.17. The number of methoxy groups -OCH3 is 1. The molecule has 1 aromatic carbocycles. The standard InChI is InChI=1S/C14H18O7/c1-7(15)8-3-4-10(11(5-8)19-2)21-14-13(18)12(17)9(16)6-20-14/h3-5,9,12-14,16-18H,6H2,1-2H3/t9-,12+,13-,14+/m1/s1. The lowest BCUT2D eigenvalue weighted by molar-refractivity contribution is -0.242. The number of ketones is 1. The van der Waals surface area contributed by atoms with Gasteiger partial charge in [-0.3, -0.25) is 4.79 Å². The molecule has 0 amide bonds. The highest BCUT2D eigenvalue weighted by Crippen LogP contribution is 2.31. The summed E-state index contributed by atoms with van der Waals surface area (Å²) < 4.78 is 15.7. The van der Waals surface area contributed by atoms with E-state index < -0.39 is 24.6 Å². The smallest absolute Gasteiger partial charge is 0.229 e. The van der Waals surface area contributed by atoms with Crippen molar-refractivity contribution in [3.63, 3.8) is 0 Å². The molecule has 1 heterocycles. The minimum atomic E-state index is -1.40. The minimum absolute atomic E-state index is 0.118. The van der Waals surface area contributed by atoms with Gasteiger partial charge in [0.2, 0.25) is 6.29 Å². The second-order valence-electron chi connectivity index (χ2n) is 4.79. The average molecular weight is 298 g/mol.